The molecule has 1 rings (SSSR count). The smallest absolute Gasteiger partial charge is 0.239 e. The molecular formula is C13H24N2O. The van der Waals surface area contributed by atoms with Crippen molar-refractivity contribution >= 4 is 5.91 Å². The van der Waals surface area contributed by atoms with Crippen molar-refractivity contribution in [2.75, 3.05) is 6.54 Å². The van der Waals surface area contributed by atoms with E-state index in [1.165, 1.54) is 24.8 Å². The summed E-state index contributed by atoms with van der Waals surface area (Å²) in [5, 5.41) is 2.93. The average Bonchev–Trinajstić information content (AvgIpc) is 2.70. The van der Waals surface area contributed by atoms with E-state index in [0.717, 1.165) is 25.8 Å². The van der Waals surface area contributed by atoms with Crippen LogP contribution in [0.5, 0.6) is 0 Å². The zero-order chi connectivity index (χ0) is 12.0. The van der Waals surface area contributed by atoms with Gasteiger partial charge >= 0.3 is 0 Å². The fourth-order valence-corrected chi connectivity index (χ4v) is 2.14. The second-order valence-electron chi connectivity index (χ2n) is 4.93. The van der Waals surface area contributed by atoms with Crippen molar-refractivity contribution in [3.8, 4) is 0 Å². The Morgan fingerprint density at radius 1 is 1.62 bits per heavy atom. The Kier molecular flexibility index (Phi) is 5.00. The maximum absolute atomic E-state index is 11.8. The van der Waals surface area contributed by atoms with Crippen LogP contribution in [0.2, 0.25) is 0 Å². The van der Waals surface area contributed by atoms with Gasteiger partial charge in [0.1, 0.15) is 0 Å². The van der Waals surface area contributed by atoms with Gasteiger partial charge in [-0.2, -0.15) is 0 Å². The molecule has 0 spiro atoms. The summed E-state index contributed by atoms with van der Waals surface area (Å²) in [6.07, 6.45) is 8.62. The van der Waals surface area contributed by atoms with Crippen LogP contribution in [-0.4, -0.2) is 18.0 Å². The van der Waals surface area contributed by atoms with Crippen LogP contribution in [0.15, 0.2) is 11.6 Å². The molecule has 0 saturated carbocycles. The third-order valence-corrected chi connectivity index (χ3v) is 3.15. The van der Waals surface area contributed by atoms with E-state index in [0.29, 0.717) is 0 Å². The number of amides is 1. The standard InChI is InChI=1S/C13H24N2O/c1-3-9-13(2,14)12(16)15-10-8-11-6-4-5-7-11/h6H,3-5,7-10,14H2,1-2H3,(H,15,16). The molecule has 0 aromatic rings. The zero-order valence-electron chi connectivity index (χ0n) is 10.5. The van der Waals surface area contributed by atoms with Crippen LogP contribution in [0.3, 0.4) is 0 Å². The van der Waals surface area contributed by atoms with Gasteiger partial charge in [-0.25, -0.2) is 0 Å². The predicted octanol–water partition coefficient (Wildman–Crippen LogP) is 2.12. The molecule has 3 nitrogen and oxygen atoms in total. The van der Waals surface area contributed by atoms with E-state index < -0.39 is 5.54 Å². The van der Waals surface area contributed by atoms with Gasteiger partial charge < -0.3 is 11.1 Å². The van der Waals surface area contributed by atoms with Crippen molar-refractivity contribution in [3.63, 3.8) is 0 Å². The Hall–Kier alpha value is -0.830. The first-order valence-corrected chi connectivity index (χ1v) is 6.31. The predicted molar refractivity (Wildman–Crippen MR) is 67.1 cm³/mol. The van der Waals surface area contributed by atoms with Crippen LogP contribution >= 0.6 is 0 Å². The first kappa shape index (κ1) is 13.2. The largest absolute Gasteiger partial charge is 0.354 e. The van der Waals surface area contributed by atoms with E-state index in [1.54, 1.807) is 6.92 Å². The van der Waals surface area contributed by atoms with Gasteiger partial charge in [0.25, 0.3) is 0 Å². The van der Waals surface area contributed by atoms with Crippen LogP contribution in [0.25, 0.3) is 0 Å². The third kappa shape index (κ3) is 3.97. The highest BCUT2D eigenvalue weighted by Crippen LogP contribution is 2.19. The van der Waals surface area contributed by atoms with Gasteiger partial charge in [0, 0.05) is 6.54 Å². The number of hydrogen-bond acceptors (Lipinski definition) is 2. The number of nitrogens with two attached hydrogens (primary N) is 1. The van der Waals surface area contributed by atoms with Crippen molar-refractivity contribution in [2.24, 2.45) is 5.73 Å². The van der Waals surface area contributed by atoms with Crippen molar-refractivity contribution in [2.45, 2.75) is 57.9 Å². The first-order valence-electron chi connectivity index (χ1n) is 6.31. The van der Waals surface area contributed by atoms with Crippen LogP contribution in [0.1, 0.15) is 52.4 Å². The molecule has 16 heavy (non-hydrogen) atoms. The molecule has 0 aromatic heterocycles. The summed E-state index contributed by atoms with van der Waals surface area (Å²) in [5.41, 5.74) is 6.71. The average molecular weight is 224 g/mol. The van der Waals surface area contributed by atoms with Crippen LogP contribution in [-0.2, 0) is 4.79 Å². The Balaban J connectivity index is 2.23. The molecule has 0 fully saturated rings. The Bertz CT molecular complexity index is 269. The van der Waals surface area contributed by atoms with Gasteiger partial charge in [0.2, 0.25) is 5.91 Å². The van der Waals surface area contributed by atoms with Crippen LogP contribution in [0, 0.1) is 0 Å². The summed E-state index contributed by atoms with van der Waals surface area (Å²) in [6, 6.07) is 0. The molecule has 0 radical (unpaired) electrons. The molecule has 1 atom stereocenters. The third-order valence-electron chi connectivity index (χ3n) is 3.15. The van der Waals surface area contributed by atoms with Gasteiger partial charge in [0.15, 0.2) is 0 Å². The molecule has 1 unspecified atom stereocenters. The molecule has 3 N–H and O–H groups in total. The summed E-state index contributed by atoms with van der Waals surface area (Å²) in [7, 11) is 0. The van der Waals surface area contributed by atoms with E-state index >= 15 is 0 Å². The van der Waals surface area contributed by atoms with Crippen molar-refractivity contribution in [1.82, 2.24) is 5.32 Å². The highest BCUT2D eigenvalue weighted by Gasteiger charge is 2.26. The van der Waals surface area contributed by atoms with Crippen molar-refractivity contribution in [3.05, 3.63) is 11.6 Å². The number of nitrogens with one attached hydrogen (secondary N) is 1. The molecule has 0 aromatic carbocycles. The Morgan fingerprint density at radius 3 is 2.94 bits per heavy atom. The van der Waals surface area contributed by atoms with Gasteiger partial charge in [0.05, 0.1) is 5.54 Å². The highest BCUT2D eigenvalue weighted by atomic mass is 16.2. The van der Waals surface area contributed by atoms with Gasteiger partial charge in [-0.05, 0) is 39.0 Å². The molecule has 92 valence electrons. The molecule has 1 aliphatic rings. The van der Waals surface area contributed by atoms with Gasteiger partial charge in [-0.3, -0.25) is 4.79 Å². The lowest BCUT2D eigenvalue weighted by atomic mass is 9.96. The van der Waals surface area contributed by atoms with Gasteiger partial charge in [-0.1, -0.05) is 25.0 Å². The minimum atomic E-state index is -0.710. The molecule has 3 heteroatoms. The van der Waals surface area contributed by atoms with E-state index in [9.17, 15) is 4.79 Å². The quantitative estimate of drug-likeness (QED) is 0.679. The minimum Gasteiger partial charge on any atom is -0.354 e. The summed E-state index contributed by atoms with van der Waals surface area (Å²) >= 11 is 0. The van der Waals surface area contributed by atoms with Crippen molar-refractivity contribution < 1.29 is 4.79 Å². The van der Waals surface area contributed by atoms with E-state index in [4.69, 9.17) is 5.73 Å². The number of rotatable bonds is 6. The van der Waals surface area contributed by atoms with E-state index in [-0.39, 0.29) is 5.91 Å². The molecular weight excluding hydrogens is 200 g/mol. The maximum atomic E-state index is 11.8. The number of hydrogen-bond donors (Lipinski definition) is 2. The Labute approximate surface area is 98.5 Å². The number of carbonyl (C=O) groups is 1. The lowest BCUT2D eigenvalue weighted by molar-refractivity contribution is -0.126. The van der Waals surface area contributed by atoms with Crippen LogP contribution < -0.4 is 11.1 Å². The minimum absolute atomic E-state index is 0.0204. The number of allylic oxidation sites excluding steroid dienone is 1. The normalized spacial score (nSPS) is 19.1. The second kappa shape index (κ2) is 6.04. The summed E-state index contributed by atoms with van der Waals surface area (Å²) < 4.78 is 0. The Morgan fingerprint density at radius 2 is 2.38 bits per heavy atom. The SMILES string of the molecule is CCCC(C)(N)C(=O)NCCC1=CCCC1. The van der Waals surface area contributed by atoms with E-state index in [1.807, 2.05) is 6.92 Å². The van der Waals surface area contributed by atoms with Crippen molar-refractivity contribution in [1.29, 1.82) is 0 Å². The monoisotopic (exact) mass is 224 g/mol. The fraction of sp³-hybridized carbons (Fsp3) is 0.769. The first-order chi connectivity index (χ1) is 7.56. The highest BCUT2D eigenvalue weighted by molar-refractivity contribution is 5.85. The summed E-state index contributed by atoms with van der Waals surface area (Å²) in [6.45, 7) is 4.57. The lowest BCUT2D eigenvalue weighted by Gasteiger charge is -2.22. The molecule has 0 heterocycles. The number of carbonyl (C=O) groups excluding carboxylic acids is 1. The van der Waals surface area contributed by atoms with E-state index in [2.05, 4.69) is 11.4 Å². The summed E-state index contributed by atoms with van der Waals surface area (Å²) in [4.78, 5) is 11.8. The topological polar surface area (TPSA) is 55.1 Å². The molecule has 1 aliphatic carbocycles. The fourth-order valence-electron chi connectivity index (χ4n) is 2.14. The van der Waals surface area contributed by atoms with Crippen LogP contribution in [0.4, 0.5) is 0 Å². The molecule has 0 saturated heterocycles. The maximum Gasteiger partial charge on any atom is 0.239 e. The second-order valence-corrected chi connectivity index (χ2v) is 4.93. The molecule has 0 aliphatic heterocycles. The van der Waals surface area contributed by atoms with Gasteiger partial charge in [-0.15, -0.1) is 0 Å². The zero-order valence-corrected chi connectivity index (χ0v) is 10.5. The lowest BCUT2D eigenvalue weighted by Crippen LogP contribution is -2.51. The molecule has 0 bridgehead atoms. The molecule has 1 amide bonds. The summed E-state index contributed by atoms with van der Waals surface area (Å²) in [5.74, 6) is -0.0204.